The average molecular weight is 531 g/mol. The highest BCUT2D eigenvalue weighted by atomic mass is 35.5. The Balaban J connectivity index is 1.74. The van der Waals surface area contributed by atoms with E-state index in [0.29, 0.717) is 45.4 Å². The van der Waals surface area contributed by atoms with Crippen LogP contribution in [-0.4, -0.2) is 47.6 Å². The number of nitrogens with one attached hydrogen (secondary N) is 2. The highest BCUT2D eigenvalue weighted by Gasteiger charge is 2.31. The largest absolute Gasteiger partial charge is 0.493 e. The molecule has 0 saturated carbocycles. The molecular formula is C26H27ClN2O6S. The first-order chi connectivity index (χ1) is 17.2. The van der Waals surface area contributed by atoms with E-state index in [2.05, 4.69) is 10.0 Å². The zero-order valence-electron chi connectivity index (χ0n) is 20.1. The minimum Gasteiger partial charge on any atom is -0.493 e. The van der Waals surface area contributed by atoms with E-state index in [1.165, 1.54) is 20.3 Å². The van der Waals surface area contributed by atoms with Gasteiger partial charge < -0.3 is 19.5 Å². The first kappa shape index (κ1) is 25.8. The maximum Gasteiger partial charge on any atom is 0.262 e. The number of benzene rings is 3. The number of hydrogen-bond acceptors (Lipinski definition) is 7. The Hall–Kier alpha value is -3.27. The van der Waals surface area contributed by atoms with Crippen molar-refractivity contribution < 1.29 is 27.4 Å². The summed E-state index contributed by atoms with van der Waals surface area (Å²) in [4.78, 5) is 11.1. The summed E-state index contributed by atoms with van der Waals surface area (Å²) < 4.78 is 46.8. The number of aldehydes is 1. The monoisotopic (exact) mass is 530 g/mol. The Bertz CT molecular complexity index is 1370. The van der Waals surface area contributed by atoms with Gasteiger partial charge in [0.25, 0.3) is 10.0 Å². The molecule has 8 nitrogen and oxygen atoms in total. The van der Waals surface area contributed by atoms with Gasteiger partial charge in [-0.05, 0) is 37.2 Å². The third-order valence-corrected chi connectivity index (χ3v) is 7.74. The molecule has 3 aromatic rings. The molecule has 1 fully saturated rings. The summed E-state index contributed by atoms with van der Waals surface area (Å²) >= 11 is 6.35. The molecule has 4 rings (SSSR count). The van der Waals surface area contributed by atoms with Crippen LogP contribution in [0, 0.1) is 0 Å². The molecule has 1 heterocycles. The van der Waals surface area contributed by atoms with Crippen LogP contribution in [0.1, 0.15) is 23.7 Å². The van der Waals surface area contributed by atoms with Crippen LogP contribution in [0.3, 0.4) is 0 Å². The molecule has 0 bridgehead atoms. The zero-order valence-corrected chi connectivity index (χ0v) is 21.7. The third kappa shape index (κ3) is 5.43. The van der Waals surface area contributed by atoms with Gasteiger partial charge in [-0.1, -0.05) is 35.9 Å². The maximum atomic E-state index is 13.6. The fourth-order valence-electron chi connectivity index (χ4n) is 4.05. The van der Waals surface area contributed by atoms with Gasteiger partial charge in [-0.15, -0.1) is 0 Å². The molecule has 0 unspecified atom stereocenters. The number of carbonyl (C=O) groups is 1. The van der Waals surface area contributed by atoms with Crippen LogP contribution in [0.4, 0.5) is 5.69 Å². The van der Waals surface area contributed by atoms with Crippen molar-refractivity contribution in [2.24, 2.45) is 0 Å². The lowest BCUT2D eigenvalue weighted by atomic mass is 10.0. The second kappa shape index (κ2) is 10.4. The molecule has 0 spiro atoms. The molecule has 3 aromatic carbocycles. The van der Waals surface area contributed by atoms with Gasteiger partial charge in [0.05, 0.1) is 29.8 Å². The highest BCUT2D eigenvalue weighted by Crippen LogP contribution is 2.39. The number of halogens is 1. The summed E-state index contributed by atoms with van der Waals surface area (Å²) in [7, 11) is -1.20. The van der Waals surface area contributed by atoms with E-state index in [-0.39, 0.29) is 10.6 Å². The summed E-state index contributed by atoms with van der Waals surface area (Å²) in [6, 6.07) is 14.3. The molecule has 0 amide bonds. The molecule has 0 radical (unpaired) electrons. The lowest BCUT2D eigenvalue weighted by Gasteiger charge is -2.26. The van der Waals surface area contributed by atoms with Crippen molar-refractivity contribution in [2.75, 3.05) is 32.0 Å². The molecule has 2 N–H and O–H groups in total. The van der Waals surface area contributed by atoms with Crippen molar-refractivity contribution in [3.63, 3.8) is 0 Å². The van der Waals surface area contributed by atoms with Crippen LogP contribution >= 0.6 is 11.6 Å². The van der Waals surface area contributed by atoms with Crippen molar-refractivity contribution in [3.05, 3.63) is 65.2 Å². The molecule has 190 valence electrons. The lowest BCUT2D eigenvalue weighted by molar-refractivity contribution is 0.111. The number of hydrogen-bond donors (Lipinski definition) is 2. The van der Waals surface area contributed by atoms with E-state index in [4.69, 9.17) is 25.8 Å². The van der Waals surface area contributed by atoms with E-state index in [1.54, 1.807) is 48.5 Å². The average Bonchev–Trinajstić information content (AvgIpc) is 3.30. The van der Waals surface area contributed by atoms with Gasteiger partial charge in [-0.3, -0.25) is 9.52 Å². The van der Waals surface area contributed by atoms with Crippen LogP contribution < -0.4 is 24.2 Å². The number of anilines is 1. The van der Waals surface area contributed by atoms with Gasteiger partial charge in [0.1, 0.15) is 17.6 Å². The van der Waals surface area contributed by atoms with E-state index < -0.39 is 15.6 Å². The molecule has 1 aliphatic rings. The smallest absolute Gasteiger partial charge is 0.262 e. The molecule has 36 heavy (non-hydrogen) atoms. The molecule has 1 aliphatic heterocycles. The Morgan fingerprint density at radius 2 is 1.69 bits per heavy atom. The normalized spacial score (nSPS) is 17.4. The molecular weight excluding hydrogens is 504 g/mol. The van der Waals surface area contributed by atoms with Gasteiger partial charge in [-0.2, -0.15) is 0 Å². The SMILES string of the molecule is COc1cc(-c2ccc(C=O)cc2)c(S(=O)(=O)Nc2ccc(Cl)c(O[C@]3(C)CCNC3)c2)cc1OC. The standard InChI is InChI=1S/C26H27ClN2O6S/c1-26(10-11-28-16-26)35-22-12-19(8-9-21(22)27)29-36(31,32)25-14-24(34-3)23(33-2)13-20(25)18-6-4-17(15-30)5-7-18/h4-9,12-15,28-29H,10-11,16H2,1-3H3/t26-/m1/s1. The van der Waals surface area contributed by atoms with Gasteiger partial charge in [-0.25, -0.2) is 8.42 Å². The second-order valence-corrected chi connectivity index (χ2v) is 10.7. The molecule has 0 aliphatic carbocycles. The molecule has 1 saturated heterocycles. The van der Waals surface area contributed by atoms with Crippen LogP contribution in [0.5, 0.6) is 17.2 Å². The van der Waals surface area contributed by atoms with Crippen LogP contribution in [-0.2, 0) is 10.0 Å². The summed E-state index contributed by atoms with van der Waals surface area (Å²) in [6.07, 6.45) is 1.52. The molecule has 10 heteroatoms. The molecule has 1 atom stereocenters. The van der Waals surface area contributed by atoms with Crippen LogP contribution in [0.15, 0.2) is 59.5 Å². The van der Waals surface area contributed by atoms with E-state index in [0.717, 1.165) is 19.3 Å². The van der Waals surface area contributed by atoms with Gasteiger partial charge in [0.2, 0.25) is 0 Å². The van der Waals surface area contributed by atoms with Crippen LogP contribution in [0.2, 0.25) is 5.02 Å². The Morgan fingerprint density at radius 1 is 1.00 bits per heavy atom. The number of methoxy groups -OCH3 is 2. The van der Waals surface area contributed by atoms with Crippen molar-refractivity contribution in [1.29, 1.82) is 0 Å². The number of rotatable bonds is 9. The fraction of sp³-hybridized carbons (Fsp3) is 0.269. The quantitative estimate of drug-likeness (QED) is 0.384. The topological polar surface area (TPSA) is 103 Å². The first-order valence-corrected chi connectivity index (χ1v) is 13.1. The number of carbonyl (C=O) groups excluding carboxylic acids is 1. The van der Waals surface area contributed by atoms with Gasteiger partial charge >= 0.3 is 0 Å². The third-order valence-electron chi connectivity index (χ3n) is 6.00. The van der Waals surface area contributed by atoms with E-state index in [1.807, 2.05) is 6.92 Å². The lowest BCUT2D eigenvalue weighted by Crippen LogP contribution is -2.34. The number of sulfonamides is 1. The van der Waals surface area contributed by atoms with Crippen molar-refractivity contribution >= 4 is 33.6 Å². The zero-order chi connectivity index (χ0) is 25.9. The maximum absolute atomic E-state index is 13.6. The minimum atomic E-state index is -4.10. The van der Waals surface area contributed by atoms with Gasteiger partial charge in [0, 0.05) is 36.2 Å². The predicted octanol–water partition coefficient (Wildman–Crippen LogP) is 4.77. The summed E-state index contributed by atoms with van der Waals surface area (Å²) in [5.41, 5.74) is 1.30. The van der Waals surface area contributed by atoms with Crippen molar-refractivity contribution in [1.82, 2.24) is 5.32 Å². The fourth-order valence-corrected chi connectivity index (χ4v) is 5.48. The van der Waals surface area contributed by atoms with E-state index in [9.17, 15) is 13.2 Å². The van der Waals surface area contributed by atoms with Crippen molar-refractivity contribution in [3.8, 4) is 28.4 Å². The summed E-state index contributed by atoms with van der Waals surface area (Å²) in [5.74, 6) is 1.01. The second-order valence-electron chi connectivity index (χ2n) is 8.67. The number of ether oxygens (including phenoxy) is 3. The first-order valence-electron chi connectivity index (χ1n) is 11.2. The minimum absolute atomic E-state index is 0.0247. The summed E-state index contributed by atoms with van der Waals surface area (Å²) in [5, 5.41) is 3.64. The van der Waals surface area contributed by atoms with Crippen molar-refractivity contribution in [2.45, 2.75) is 23.8 Å². The van der Waals surface area contributed by atoms with Crippen LogP contribution in [0.25, 0.3) is 11.1 Å². The Kier molecular flexibility index (Phi) is 7.44. The Morgan fingerprint density at radius 3 is 2.31 bits per heavy atom. The van der Waals surface area contributed by atoms with E-state index >= 15 is 0 Å². The highest BCUT2D eigenvalue weighted by molar-refractivity contribution is 7.92. The predicted molar refractivity (Wildman–Crippen MR) is 139 cm³/mol. The molecule has 0 aromatic heterocycles. The summed E-state index contributed by atoms with van der Waals surface area (Å²) in [6.45, 7) is 3.47. The van der Waals surface area contributed by atoms with Gasteiger partial charge in [0.15, 0.2) is 11.5 Å². The Labute approximate surface area is 215 Å².